The molecule has 33 heavy (non-hydrogen) atoms. The van der Waals surface area contributed by atoms with Crippen molar-refractivity contribution < 1.29 is 4.79 Å². The lowest BCUT2D eigenvalue weighted by Crippen LogP contribution is -2.29. The molecule has 1 fully saturated rings. The van der Waals surface area contributed by atoms with Gasteiger partial charge in [-0.3, -0.25) is 15.2 Å². The summed E-state index contributed by atoms with van der Waals surface area (Å²) in [4.78, 5) is 27.7. The lowest BCUT2D eigenvalue weighted by atomic mass is 9.88. The molecule has 2 amide bonds. The number of halogens is 1. The zero-order chi connectivity index (χ0) is 22.4. The SMILES string of the molecule is O=C1NC(=NC2CCCc3ccccc32)C(c2cccc(Br)c2)N1c1ccc2nc[nH]c2c1. The molecular formula is C26H22BrN5O. The summed E-state index contributed by atoms with van der Waals surface area (Å²) >= 11 is 3.59. The highest BCUT2D eigenvalue weighted by Crippen LogP contribution is 2.38. The molecule has 7 heteroatoms. The number of benzene rings is 3. The predicted molar refractivity (Wildman–Crippen MR) is 134 cm³/mol. The normalized spacial score (nSPS) is 21.4. The standard InChI is InChI=1S/C26H22BrN5O/c27-18-8-3-7-17(13-18)24-25(30-21-10-4-6-16-5-1-2-9-20(16)21)31-26(33)32(24)19-11-12-22-23(14-19)29-15-28-22/h1-3,5,7-9,11-15,21,24H,4,6,10H2,(H,28,29)(H,30,31,33). The molecule has 0 spiro atoms. The van der Waals surface area contributed by atoms with Crippen molar-refractivity contribution in [1.82, 2.24) is 15.3 Å². The van der Waals surface area contributed by atoms with E-state index in [1.807, 2.05) is 36.4 Å². The van der Waals surface area contributed by atoms with Crippen LogP contribution in [0.1, 0.15) is 41.6 Å². The lowest BCUT2D eigenvalue weighted by Gasteiger charge is -2.26. The summed E-state index contributed by atoms with van der Waals surface area (Å²) in [6, 6.07) is 21.9. The number of nitrogens with zero attached hydrogens (tertiary/aromatic N) is 3. The highest BCUT2D eigenvalue weighted by Gasteiger charge is 2.40. The molecule has 1 aromatic heterocycles. The van der Waals surface area contributed by atoms with Crippen LogP contribution in [0.4, 0.5) is 10.5 Å². The second-order valence-electron chi connectivity index (χ2n) is 8.48. The van der Waals surface area contributed by atoms with Crippen LogP contribution in [0.5, 0.6) is 0 Å². The Morgan fingerprint density at radius 3 is 2.88 bits per heavy atom. The number of amidine groups is 1. The third-order valence-corrected chi connectivity index (χ3v) is 6.94. The van der Waals surface area contributed by atoms with Gasteiger partial charge in [0, 0.05) is 10.2 Å². The van der Waals surface area contributed by atoms with Gasteiger partial charge in [0.15, 0.2) is 0 Å². The van der Waals surface area contributed by atoms with Crippen molar-refractivity contribution in [2.24, 2.45) is 4.99 Å². The minimum Gasteiger partial charge on any atom is -0.345 e. The first-order valence-corrected chi connectivity index (χ1v) is 11.9. The van der Waals surface area contributed by atoms with Crippen LogP contribution in [0.25, 0.3) is 11.0 Å². The van der Waals surface area contributed by atoms with Gasteiger partial charge < -0.3 is 4.98 Å². The number of amides is 2. The molecule has 2 aliphatic rings. The van der Waals surface area contributed by atoms with E-state index in [1.54, 1.807) is 11.2 Å². The zero-order valence-corrected chi connectivity index (χ0v) is 19.4. The minimum absolute atomic E-state index is 0.0370. The molecule has 1 aliphatic heterocycles. The first-order valence-electron chi connectivity index (χ1n) is 11.1. The third kappa shape index (κ3) is 3.62. The number of aromatic nitrogens is 2. The molecule has 2 heterocycles. The molecule has 2 N–H and O–H groups in total. The number of imidazole rings is 1. The van der Waals surface area contributed by atoms with Crippen LogP contribution in [-0.2, 0) is 6.42 Å². The molecule has 6 rings (SSSR count). The zero-order valence-electron chi connectivity index (χ0n) is 17.8. The molecule has 2 atom stereocenters. The summed E-state index contributed by atoms with van der Waals surface area (Å²) in [5.74, 6) is 0.685. The smallest absolute Gasteiger partial charge is 0.328 e. The number of aromatic amines is 1. The van der Waals surface area contributed by atoms with Gasteiger partial charge in [0.25, 0.3) is 0 Å². The van der Waals surface area contributed by atoms with Crippen LogP contribution in [0.3, 0.4) is 0 Å². The Hall–Kier alpha value is -3.45. The number of aliphatic imine (C=N–C) groups is 1. The Labute approximate surface area is 199 Å². The highest BCUT2D eigenvalue weighted by atomic mass is 79.9. The number of anilines is 1. The lowest BCUT2D eigenvalue weighted by molar-refractivity contribution is 0.252. The highest BCUT2D eigenvalue weighted by molar-refractivity contribution is 9.10. The molecule has 0 saturated carbocycles. The molecule has 1 aliphatic carbocycles. The van der Waals surface area contributed by atoms with Crippen molar-refractivity contribution in [2.45, 2.75) is 31.3 Å². The Morgan fingerprint density at radius 1 is 1.06 bits per heavy atom. The van der Waals surface area contributed by atoms with Crippen molar-refractivity contribution in [3.63, 3.8) is 0 Å². The number of hydrogen-bond acceptors (Lipinski definition) is 3. The molecular weight excluding hydrogens is 478 g/mol. The van der Waals surface area contributed by atoms with E-state index < -0.39 is 0 Å². The summed E-state index contributed by atoms with van der Waals surface area (Å²) in [7, 11) is 0. The van der Waals surface area contributed by atoms with E-state index in [9.17, 15) is 4.79 Å². The van der Waals surface area contributed by atoms with Crippen molar-refractivity contribution in [3.05, 3.63) is 94.2 Å². The molecule has 1 saturated heterocycles. The van der Waals surface area contributed by atoms with Crippen LogP contribution < -0.4 is 10.2 Å². The molecule has 0 bridgehead atoms. The predicted octanol–water partition coefficient (Wildman–Crippen LogP) is 6.07. The maximum Gasteiger partial charge on any atom is 0.328 e. The van der Waals surface area contributed by atoms with E-state index in [0.29, 0.717) is 5.84 Å². The average Bonchev–Trinajstić information content (AvgIpc) is 3.42. The van der Waals surface area contributed by atoms with Gasteiger partial charge >= 0.3 is 6.03 Å². The second kappa shape index (κ2) is 8.15. The fourth-order valence-corrected chi connectivity index (χ4v) is 5.35. The third-order valence-electron chi connectivity index (χ3n) is 6.45. The molecule has 3 aromatic carbocycles. The van der Waals surface area contributed by atoms with Crippen LogP contribution in [0.15, 0.2) is 82.5 Å². The Balaban J connectivity index is 1.47. The number of nitrogens with one attached hydrogen (secondary N) is 2. The van der Waals surface area contributed by atoms with Crippen molar-refractivity contribution in [3.8, 4) is 0 Å². The number of carbonyl (C=O) groups excluding carboxylic acids is 1. The van der Waals surface area contributed by atoms with Crippen molar-refractivity contribution in [1.29, 1.82) is 0 Å². The maximum atomic E-state index is 13.3. The van der Waals surface area contributed by atoms with Gasteiger partial charge in [-0.1, -0.05) is 52.3 Å². The average molecular weight is 500 g/mol. The molecule has 0 radical (unpaired) electrons. The van der Waals surface area contributed by atoms with E-state index >= 15 is 0 Å². The van der Waals surface area contributed by atoms with Crippen molar-refractivity contribution in [2.75, 3.05) is 4.90 Å². The largest absolute Gasteiger partial charge is 0.345 e. The van der Waals surface area contributed by atoms with Gasteiger partial charge in [0.05, 0.1) is 23.4 Å². The van der Waals surface area contributed by atoms with Gasteiger partial charge in [-0.15, -0.1) is 0 Å². The molecule has 164 valence electrons. The monoisotopic (exact) mass is 499 g/mol. The van der Waals surface area contributed by atoms with E-state index in [1.165, 1.54) is 11.1 Å². The number of hydrogen-bond donors (Lipinski definition) is 2. The van der Waals surface area contributed by atoms with Crippen LogP contribution in [0, 0.1) is 0 Å². The number of aryl methyl sites for hydroxylation is 1. The molecule has 4 aromatic rings. The van der Waals surface area contributed by atoms with E-state index in [-0.39, 0.29) is 18.1 Å². The quantitative estimate of drug-likeness (QED) is 0.358. The van der Waals surface area contributed by atoms with Crippen LogP contribution in [0.2, 0.25) is 0 Å². The fourth-order valence-electron chi connectivity index (χ4n) is 4.93. The van der Waals surface area contributed by atoms with Gasteiger partial charge in [0.1, 0.15) is 11.9 Å². The van der Waals surface area contributed by atoms with E-state index in [0.717, 1.165) is 46.0 Å². The van der Waals surface area contributed by atoms with Gasteiger partial charge in [-0.2, -0.15) is 0 Å². The van der Waals surface area contributed by atoms with Crippen LogP contribution >= 0.6 is 15.9 Å². The van der Waals surface area contributed by atoms with E-state index in [2.05, 4.69) is 61.5 Å². The summed E-state index contributed by atoms with van der Waals surface area (Å²) in [5.41, 5.74) is 6.16. The van der Waals surface area contributed by atoms with Crippen molar-refractivity contribution >= 4 is 44.5 Å². The first-order chi connectivity index (χ1) is 16.2. The summed E-state index contributed by atoms with van der Waals surface area (Å²) < 4.78 is 0.964. The van der Waals surface area contributed by atoms with Crippen LogP contribution in [-0.4, -0.2) is 21.8 Å². The Kier molecular flexibility index (Phi) is 4.99. The van der Waals surface area contributed by atoms with Gasteiger partial charge in [-0.05, 0) is 66.3 Å². The summed E-state index contributed by atoms with van der Waals surface area (Å²) in [6.45, 7) is 0. The summed E-state index contributed by atoms with van der Waals surface area (Å²) in [5, 5.41) is 3.09. The number of urea groups is 1. The topological polar surface area (TPSA) is 73.4 Å². The number of rotatable bonds is 3. The van der Waals surface area contributed by atoms with Gasteiger partial charge in [0.2, 0.25) is 0 Å². The van der Waals surface area contributed by atoms with E-state index in [4.69, 9.17) is 4.99 Å². The molecule has 6 nitrogen and oxygen atoms in total. The number of carbonyl (C=O) groups is 1. The first kappa shape index (κ1) is 20.2. The number of H-pyrrole nitrogens is 1. The van der Waals surface area contributed by atoms with Gasteiger partial charge in [-0.25, -0.2) is 9.78 Å². The number of fused-ring (bicyclic) bond motifs is 2. The minimum atomic E-state index is -0.343. The fraction of sp³-hybridized carbons (Fsp3) is 0.192. The summed E-state index contributed by atoms with van der Waals surface area (Å²) in [6.07, 6.45) is 4.81. The maximum absolute atomic E-state index is 13.3. The second-order valence-corrected chi connectivity index (χ2v) is 9.40. The molecule has 2 unspecified atom stereocenters. The Morgan fingerprint density at radius 2 is 1.97 bits per heavy atom. The Bertz CT molecular complexity index is 1390.